The SMILES string of the molecule is COC(=O)[C@H](Cc1ccc(O)cc1)NC(=O)CC[C@@H](C)[C@H]1CC[C@H]2[C@@H]3[C@H](O)C[C@@H]4C[C@@H](NCCCNCCNCCCN)CC[C@]4(C)[C@H]3CC[C@]12C. The normalized spacial score (nSPS) is 33.7. The Labute approximate surface area is 313 Å². The van der Waals surface area contributed by atoms with Crippen LogP contribution in [0.25, 0.3) is 0 Å². The van der Waals surface area contributed by atoms with Gasteiger partial charge >= 0.3 is 5.97 Å². The van der Waals surface area contributed by atoms with Crippen molar-refractivity contribution in [3.63, 3.8) is 0 Å². The van der Waals surface area contributed by atoms with Crippen molar-refractivity contribution in [1.29, 1.82) is 0 Å². The third kappa shape index (κ3) is 9.70. The van der Waals surface area contributed by atoms with Crippen molar-refractivity contribution in [3.8, 4) is 5.75 Å². The van der Waals surface area contributed by atoms with E-state index in [1.807, 2.05) is 0 Å². The van der Waals surface area contributed by atoms with E-state index in [4.69, 9.17) is 10.5 Å². The molecule has 294 valence electrons. The average molecular weight is 726 g/mol. The molecule has 0 aliphatic heterocycles. The lowest BCUT2D eigenvalue weighted by Crippen LogP contribution is -2.59. The van der Waals surface area contributed by atoms with Crippen molar-refractivity contribution < 1.29 is 24.5 Å². The zero-order chi connectivity index (χ0) is 37.3. The van der Waals surface area contributed by atoms with Crippen LogP contribution < -0.4 is 27.0 Å². The number of carbonyl (C=O) groups is 2. The molecule has 1 aromatic carbocycles. The summed E-state index contributed by atoms with van der Waals surface area (Å²) >= 11 is 0. The number of nitrogens with one attached hydrogen (secondary N) is 4. The highest BCUT2D eigenvalue weighted by Gasteiger charge is 2.62. The van der Waals surface area contributed by atoms with Gasteiger partial charge < -0.3 is 42.0 Å². The fraction of sp³-hybridized carbons (Fsp3) is 0.810. The van der Waals surface area contributed by atoms with E-state index in [0.717, 1.165) is 76.9 Å². The van der Waals surface area contributed by atoms with Crippen molar-refractivity contribution in [3.05, 3.63) is 29.8 Å². The molecule has 4 aliphatic rings. The fourth-order valence-electron chi connectivity index (χ4n) is 11.6. The Hall–Kier alpha value is -2.24. The van der Waals surface area contributed by atoms with Gasteiger partial charge in [0, 0.05) is 32.0 Å². The second kappa shape index (κ2) is 18.9. The van der Waals surface area contributed by atoms with Gasteiger partial charge in [-0.2, -0.15) is 0 Å². The standard InChI is InChI=1S/C42H71N5O5/c1-28(7-14-38(50)47-36(40(51)52-4)25-29-8-10-32(48)11-9-29)33-12-13-34-39-35(16-18-42(33,34)3)41(2)17-15-31(26-30(41)27-37(39)49)46-22-6-21-45-24-23-44-20-5-19-43/h8-11,28,30-31,33-37,39,44-46,48-49H,5-7,12-27,43H2,1-4H3,(H,47,50)/t28-,30+,31+,33-,34+,35+,36+,37-,39+,41+,42-/m1/s1. The number of methoxy groups -OCH3 is 1. The fourth-order valence-corrected chi connectivity index (χ4v) is 11.6. The van der Waals surface area contributed by atoms with Crippen LogP contribution in [0.5, 0.6) is 5.75 Å². The van der Waals surface area contributed by atoms with Gasteiger partial charge in [0.25, 0.3) is 0 Å². The maximum Gasteiger partial charge on any atom is 0.328 e. The molecule has 0 unspecified atom stereocenters. The minimum atomic E-state index is -0.767. The largest absolute Gasteiger partial charge is 0.508 e. The van der Waals surface area contributed by atoms with Crippen LogP contribution in [0.3, 0.4) is 0 Å². The molecule has 1 aromatic rings. The number of benzene rings is 1. The van der Waals surface area contributed by atoms with Crippen LogP contribution in [-0.2, 0) is 20.7 Å². The van der Waals surface area contributed by atoms with E-state index in [0.29, 0.717) is 59.8 Å². The number of amides is 1. The first-order chi connectivity index (χ1) is 25.0. The van der Waals surface area contributed by atoms with Crippen LogP contribution in [0, 0.1) is 46.3 Å². The number of nitrogens with two attached hydrogens (primary N) is 1. The van der Waals surface area contributed by atoms with Gasteiger partial charge in [-0.1, -0.05) is 32.9 Å². The molecule has 4 fully saturated rings. The minimum absolute atomic E-state index is 0.130. The molecule has 0 heterocycles. The van der Waals surface area contributed by atoms with Gasteiger partial charge in [0.2, 0.25) is 5.91 Å². The number of phenolic OH excluding ortho intramolecular Hbond substituents is 1. The molecule has 8 N–H and O–H groups in total. The average Bonchev–Trinajstić information content (AvgIpc) is 3.49. The van der Waals surface area contributed by atoms with Crippen LogP contribution in [0.4, 0.5) is 0 Å². The van der Waals surface area contributed by atoms with E-state index < -0.39 is 12.0 Å². The summed E-state index contributed by atoms with van der Waals surface area (Å²) in [6, 6.07) is 6.46. The Kier molecular flexibility index (Phi) is 14.9. The van der Waals surface area contributed by atoms with Gasteiger partial charge in [-0.05, 0) is 161 Å². The lowest BCUT2D eigenvalue weighted by Gasteiger charge is -2.62. The molecule has 52 heavy (non-hydrogen) atoms. The van der Waals surface area contributed by atoms with Crippen molar-refractivity contribution in [2.24, 2.45) is 52.1 Å². The summed E-state index contributed by atoms with van der Waals surface area (Å²) in [6.45, 7) is 13.2. The number of hydrogen-bond donors (Lipinski definition) is 7. The molecule has 0 bridgehead atoms. The molecule has 0 radical (unpaired) electrons. The Balaban J connectivity index is 1.09. The molecule has 11 atom stereocenters. The smallest absolute Gasteiger partial charge is 0.328 e. The van der Waals surface area contributed by atoms with Crippen molar-refractivity contribution in [2.45, 2.75) is 122 Å². The molecule has 4 saturated carbocycles. The van der Waals surface area contributed by atoms with Crippen LogP contribution in [0.15, 0.2) is 24.3 Å². The van der Waals surface area contributed by atoms with E-state index in [-0.39, 0.29) is 23.2 Å². The summed E-state index contributed by atoms with van der Waals surface area (Å²) in [6.07, 6.45) is 12.8. The summed E-state index contributed by atoms with van der Waals surface area (Å²) in [5.41, 5.74) is 6.88. The lowest BCUT2D eigenvalue weighted by atomic mass is 9.43. The molecule has 5 rings (SSSR count). The van der Waals surface area contributed by atoms with Crippen molar-refractivity contribution in [1.82, 2.24) is 21.3 Å². The molecule has 10 heteroatoms. The number of phenols is 1. The summed E-state index contributed by atoms with van der Waals surface area (Å²) < 4.78 is 4.99. The second-order valence-electron chi connectivity index (χ2n) is 17.5. The van der Waals surface area contributed by atoms with Gasteiger partial charge in [0.1, 0.15) is 11.8 Å². The molecular formula is C42H71N5O5. The summed E-state index contributed by atoms with van der Waals surface area (Å²) in [5.74, 6) is 2.55. The summed E-state index contributed by atoms with van der Waals surface area (Å²) in [5, 5.41) is 35.3. The van der Waals surface area contributed by atoms with Crippen molar-refractivity contribution >= 4 is 11.9 Å². The summed E-state index contributed by atoms with van der Waals surface area (Å²) in [7, 11) is 1.34. The van der Waals surface area contributed by atoms with Crippen LogP contribution in [0.2, 0.25) is 0 Å². The molecule has 0 aromatic heterocycles. The quantitative estimate of drug-likeness (QED) is 0.0805. The number of ether oxygens (including phenoxy) is 1. The Morgan fingerprint density at radius 2 is 1.62 bits per heavy atom. The Morgan fingerprint density at radius 1 is 0.923 bits per heavy atom. The molecular weight excluding hydrogens is 654 g/mol. The van der Waals surface area contributed by atoms with Crippen LogP contribution in [0.1, 0.15) is 103 Å². The van der Waals surface area contributed by atoms with E-state index in [9.17, 15) is 19.8 Å². The van der Waals surface area contributed by atoms with Gasteiger partial charge in [-0.25, -0.2) is 4.79 Å². The first-order valence-corrected chi connectivity index (χ1v) is 20.7. The molecule has 4 aliphatic carbocycles. The first-order valence-electron chi connectivity index (χ1n) is 20.7. The predicted molar refractivity (Wildman–Crippen MR) is 207 cm³/mol. The molecule has 0 spiro atoms. The topological polar surface area (TPSA) is 158 Å². The third-order valence-electron chi connectivity index (χ3n) is 14.5. The summed E-state index contributed by atoms with van der Waals surface area (Å²) in [4.78, 5) is 25.7. The second-order valence-corrected chi connectivity index (χ2v) is 17.5. The predicted octanol–water partition coefficient (Wildman–Crippen LogP) is 4.51. The zero-order valence-electron chi connectivity index (χ0n) is 32.6. The highest BCUT2D eigenvalue weighted by atomic mass is 16.5. The van der Waals surface area contributed by atoms with Gasteiger partial charge in [0.15, 0.2) is 0 Å². The maximum atomic E-state index is 13.2. The highest BCUT2D eigenvalue weighted by molar-refractivity contribution is 5.84. The monoisotopic (exact) mass is 726 g/mol. The number of esters is 1. The van der Waals surface area contributed by atoms with Gasteiger partial charge in [-0.3, -0.25) is 4.79 Å². The molecule has 1 amide bonds. The van der Waals surface area contributed by atoms with E-state index in [2.05, 4.69) is 42.0 Å². The highest BCUT2D eigenvalue weighted by Crippen LogP contribution is 2.68. The molecule has 10 nitrogen and oxygen atoms in total. The third-order valence-corrected chi connectivity index (χ3v) is 14.5. The number of rotatable bonds is 19. The van der Waals surface area contributed by atoms with Crippen LogP contribution in [-0.4, -0.2) is 86.7 Å². The number of aliphatic hydroxyl groups excluding tert-OH is 1. The number of aliphatic hydroxyl groups is 1. The van der Waals surface area contributed by atoms with E-state index >= 15 is 0 Å². The number of carbonyl (C=O) groups excluding carboxylic acids is 2. The van der Waals surface area contributed by atoms with E-state index in [1.165, 1.54) is 45.6 Å². The van der Waals surface area contributed by atoms with Gasteiger partial charge in [0.05, 0.1) is 13.2 Å². The van der Waals surface area contributed by atoms with Crippen molar-refractivity contribution in [2.75, 3.05) is 46.4 Å². The minimum Gasteiger partial charge on any atom is -0.508 e. The van der Waals surface area contributed by atoms with E-state index in [1.54, 1.807) is 24.3 Å². The maximum absolute atomic E-state index is 13.2. The first kappa shape index (κ1) is 40.9. The Bertz CT molecular complexity index is 1280. The zero-order valence-corrected chi connectivity index (χ0v) is 32.6. The van der Waals surface area contributed by atoms with Crippen LogP contribution >= 0.6 is 0 Å². The lowest BCUT2D eigenvalue weighted by molar-refractivity contribution is -0.167. The number of hydrogen-bond acceptors (Lipinski definition) is 9. The number of aromatic hydroxyl groups is 1. The molecule has 0 saturated heterocycles. The number of fused-ring (bicyclic) bond motifs is 5. The Morgan fingerprint density at radius 3 is 2.33 bits per heavy atom. The van der Waals surface area contributed by atoms with Gasteiger partial charge in [-0.15, -0.1) is 0 Å².